The first kappa shape index (κ1) is 12.5. The number of anilines is 1. The van der Waals surface area contributed by atoms with Gasteiger partial charge in [-0.25, -0.2) is 14.8 Å². The van der Waals surface area contributed by atoms with E-state index in [1.807, 2.05) is 0 Å². The van der Waals surface area contributed by atoms with Gasteiger partial charge in [0.25, 0.3) is 0 Å². The number of rotatable bonds is 4. The predicted molar refractivity (Wildman–Crippen MR) is 68.5 cm³/mol. The van der Waals surface area contributed by atoms with Crippen molar-refractivity contribution < 1.29 is 9.53 Å². The van der Waals surface area contributed by atoms with Crippen LogP contribution in [0.15, 0.2) is 18.3 Å². The molecule has 1 aliphatic rings. The van der Waals surface area contributed by atoms with Crippen molar-refractivity contribution in [3.8, 4) is 0 Å². The summed E-state index contributed by atoms with van der Waals surface area (Å²) in [4.78, 5) is 20.0. The van der Waals surface area contributed by atoms with E-state index in [1.54, 1.807) is 13.8 Å². The van der Waals surface area contributed by atoms with Gasteiger partial charge in [0.05, 0.1) is 17.9 Å². The van der Waals surface area contributed by atoms with E-state index < -0.39 is 0 Å². The zero-order valence-corrected chi connectivity index (χ0v) is 10.6. The number of carbonyl (C=O) groups is 1. The van der Waals surface area contributed by atoms with E-state index in [0.29, 0.717) is 29.9 Å². The number of aryl methyl sites for hydroxylation is 1. The maximum absolute atomic E-state index is 11.6. The van der Waals surface area contributed by atoms with Crippen molar-refractivity contribution in [2.75, 3.05) is 11.9 Å². The van der Waals surface area contributed by atoms with E-state index in [0.717, 1.165) is 12.8 Å². The molecule has 0 unspecified atom stereocenters. The maximum atomic E-state index is 11.6. The number of aromatic nitrogens is 2. The Balaban J connectivity index is 2.06. The molecule has 5 heteroatoms. The quantitative estimate of drug-likeness (QED) is 0.652. The Labute approximate surface area is 106 Å². The van der Waals surface area contributed by atoms with Gasteiger partial charge >= 0.3 is 5.97 Å². The van der Waals surface area contributed by atoms with E-state index in [9.17, 15) is 4.79 Å². The van der Waals surface area contributed by atoms with Gasteiger partial charge in [0.1, 0.15) is 0 Å². The van der Waals surface area contributed by atoms with Crippen molar-refractivity contribution in [3.63, 3.8) is 0 Å². The van der Waals surface area contributed by atoms with Crippen LogP contribution in [0.3, 0.4) is 0 Å². The number of nitrogens with zero attached hydrogens (tertiary/aromatic N) is 2. The molecule has 0 radical (unpaired) electrons. The molecule has 0 bridgehead atoms. The average molecular weight is 247 g/mol. The fraction of sp³-hybridized carbons (Fsp3) is 0.462. The first-order chi connectivity index (χ1) is 8.70. The summed E-state index contributed by atoms with van der Waals surface area (Å²) in [7, 11) is 0. The number of esters is 1. The molecule has 0 amide bonds. The lowest BCUT2D eigenvalue weighted by atomic mass is 10.2. The Kier molecular flexibility index (Phi) is 3.92. The molecule has 2 rings (SSSR count). The summed E-state index contributed by atoms with van der Waals surface area (Å²) in [6.07, 6.45) is 7.77. The van der Waals surface area contributed by atoms with Gasteiger partial charge in [-0.2, -0.15) is 0 Å². The molecule has 18 heavy (non-hydrogen) atoms. The minimum absolute atomic E-state index is 0.353. The monoisotopic (exact) mass is 247 g/mol. The van der Waals surface area contributed by atoms with Crippen LogP contribution in [0.1, 0.15) is 35.8 Å². The fourth-order valence-electron chi connectivity index (χ4n) is 1.86. The molecule has 1 aromatic heterocycles. The molecule has 1 N–H and O–H groups in total. The van der Waals surface area contributed by atoms with Gasteiger partial charge in [0.2, 0.25) is 5.95 Å². The van der Waals surface area contributed by atoms with Crippen LogP contribution in [0.4, 0.5) is 5.95 Å². The molecule has 1 aromatic rings. The summed E-state index contributed by atoms with van der Waals surface area (Å²) in [5, 5.41) is 3.24. The Morgan fingerprint density at radius 2 is 2.22 bits per heavy atom. The number of nitrogens with one attached hydrogen (secondary N) is 1. The van der Waals surface area contributed by atoms with Crippen molar-refractivity contribution in [3.05, 3.63) is 29.6 Å². The van der Waals surface area contributed by atoms with Gasteiger partial charge in [-0.05, 0) is 26.7 Å². The van der Waals surface area contributed by atoms with Crippen LogP contribution in [0.5, 0.6) is 0 Å². The van der Waals surface area contributed by atoms with Crippen LogP contribution >= 0.6 is 0 Å². The lowest BCUT2D eigenvalue weighted by molar-refractivity contribution is 0.0524. The van der Waals surface area contributed by atoms with Crippen LogP contribution < -0.4 is 5.32 Å². The van der Waals surface area contributed by atoms with Gasteiger partial charge in [-0.3, -0.25) is 0 Å². The lowest BCUT2D eigenvalue weighted by Gasteiger charge is -2.12. The van der Waals surface area contributed by atoms with E-state index in [-0.39, 0.29) is 5.97 Å². The Morgan fingerprint density at radius 1 is 1.50 bits per heavy atom. The van der Waals surface area contributed by atoms with Crippen LogP contribution in [-0.2, 0) is 4.74 Å². The molecular formula is C13H17N3O2. The van der Waals surface area contributed by atoms with Crippen LogP contribution in [0, 0.1) is 6.92 Å². The second-order valence-electron chi connectivity index (χ2n) is 4.20. The van der Waals surface area contributed by atoms with Gasteiger partial charge in [0, 0.05) is 12.2 Å². The molecule has 0 saturated heterocycles. The van der Waals surface area contributed by atoms with E-state index in [4.69, 9.17) is 4.74 Å². The van der Waals surface area contributed by atoms with Crippen molar-refractivity contribution >= 4 is 11.9 Å². The maximum Gasteiger partial charge on any atom is 0.341 e. The summed E-state index contributed by atoms with van der Waals surface area (Å²) >= 11 is 0. The highest BCUT2D eigenvalue weighted by atomic mass is 16.5. The number of hydrogen-bond donors (Lipinski definition) is 1. The van der Waals surface area contributed by atoms with E-state index in [2.05, 4.69) is 27.4 Å². The van der Waals surface area contributed by atoms with E-state index in [1.165, 1.54) is 6.20 Å². The summed E-state index contributed by atoms with van der Waals surface area (Å²) in [5.74, 6) is 0.193. The number of carbonyl (C=O) groups excluding carboxylic acids is 1. The molecule has 0 aromatic carbocycles. The molecule has 0 atom stereocenters. The third kappa shape index (κ3) is 2.85. The second-order valence-corrected chi connectivity index (χ2v) is 4.20. The number of ether oxygens (including phenoxy) is 1. The van der Waals surface area contributed by atoms with Crippen LogP contribution in [0.2, 0.25) is 0 Å². The molecule has 1 heterocycles. The summed E-state index contributed by atoms with van der Waals surface area (Å²) in [6.45, 7) is 3.91. The zero-order chi connectivity index (χ0) is 13.0. The largest absolute Gasteiger partial charge is 0.462 e. The zero-order valence-electron chi connectivity index (χ0n) is 10.6. The minimum atomic E-state index is -0.371. The first-order valence-electron chi connectivity index (χ1n) is 6.13. The van der Waals surface area contributed by atoms with Gasteiger partial charge in [-0.15, -0.1) is 0 Å². The van der Waals surface area contributed by atoms with Crippen molar-refractivity contribution in [2.45, 2.75) is 32.7 Å². The normalized spacial score (nSPS) is 14.8. The Morgan fingerprint density at radius 3 is 2.83 bits per heavy atom. The smallest absolute Gasteiger partial charge is 0.341 e. The van der Waals surface area contributed by atoms with Gasteiger partial charge in [0.15, 0.2) is 0 Å². The van der Waals surface area contributed by atoms with Crippen molar-refractivity contribution in [2.24, 2.45) is 0 Å². The molecule has 1 aliphatic carbocycles. The fourth-order valence-corrected chi connectivity index (χ4v) is 1.86. The Hall–Kier alpha value is -1.91. The molecule has 0 aliphatic heterocycles. The highest BCUT2D eigenvalue weighted by molar-refractivity contribution is 5.90. The van der Waals surface area contributed by atoms with Crippen LogP contribution in [0.25, 0.3) is 0 Å². The summed E-state index contributed by atoms with van der Waals surface area (Å²) in [6, 6.07) is 0.359. The lowest BCUT2D eigenvalue weighted by Crippen LogP contribution is -2.18. The minimum Gasteiger partial charge on any atom is -0.462 e. The third-order valence-electron chi connectivity index (χ3n) is 2.82. The molecule has 0 spiro atoms. The third-order valence-corrected chi connectivity index (χ3v) is 2.82. The van der Waals surface area contributed by atoms with Crippen molar-refractivity contribution in [1.82, 2.24) is 9.97 Å². The van der Waals surface area contributed by atoms with Gasteiger partial charge < -0.3 is 10.1 Å². The van der Waals surface area contributed by atoms with E-state index >= 15 is 0 Å². The Bertz CT molecular complexity index is 463. The highest BCUT2D eigenvalue weighted by Gasteiger charge is 2.15. The molecule has 0 saturated carbocycles. The molecular weight excluding hydrogens is 230 g/mol. The molecule has 5 nitrogen and oxygen atoms in total. The SMILES string of the molecule is CCOC(=O)c1cnc(NC2CC=CC2)nc1C. The average Bonchev–Trinajstić information content (AvgIpc) is 2.82. The topological polar surface area (TPSA) is 64.1 Å². The summed E-state index contributed by atoms with van der Waals surface area (Å²) in [5.41, 5.74) is 1.06. The summed E-state index contributed by atoms with van der Waals surface area (Å²) < 4.78 is 4.93. The second kappa shape index (κ2) is 5.62. The molecule has 0 fully saturated rings. The first-order valence-corrected chi connectivity index (χ1v) is 6.13. The highest BCUT2D eigenvalue weighted by Crippen LogP contribution is 2.15. The molecule has 96 valence electrons. The van der Waals surface area contributed by atoms with Gasteiger partial charge in [-0.1, -0.05) is 12.2 Å². The standard InChI is InChI=1S/C13H17N3O2/c1-3-18-12(17)11-8-14-13(15-9(11)2)16-10-6-4-5-7-10/h4-5,8,10H,3,6-7H2,1-2H3,(H,14,15,16). The number of hydrogen-bond acceptors (Lipinski definition) is 5. The van der Waals surface area contributed by atoms with Crippen LogP contribution in [-0.4, -0.2) is 28.6 Å². The predicted octanol–water partition coefficient (Wildman–Crippen LogP) is 2.09. The van der Waals surface area contributed by atoms with Crippen molar-refractivity contribution in [1.29, 1.82) is 0 Å².